The van der Waals surface area contributed by atoms with Crippen LogP contribution in [0.1, 0.15) is 19.4 Å². The number of carboxylic acid groups (broad SMARTS) is 1. The lowest BCUT2D eigenvalue weighted by Gasteiger charge is -2.22. The molecule has 0 spiro atoms. The second kappa shape index (κ2) is 8.64. The van der Waals surface area contributed by atoms with Crippen molar-refractivity contribution in [3.63, 3.8) is 0 Å². The summed E-state index contributed by atoms with van der Waals surface area (Å²) in [5.41, 5.74) is 1.06. The van der Waals surface area contributed by atoms with Crippen molar-refractivity contribution in [3.05, 3.63) is 29.8 Å². The van der Waals surface area contributed by atoms with E-state index in [0.29, 0.717) is 13.1 Å². The van der Waals surface area contributed by atoms with Gasteiger partial charge >= 0.3 is 5.97 Å². The van der Waals surface area contributed by atoms with Gasteiger partial charge in [0.15, 0.2) is 0 Å². The fourth-order valence-corrected chi connectivity index (χ4v) is 1.99. The number of nitrogens with zero attached hydrogens (tertiary/aromatic N) is 2. The molecular weight excluding hydrogens is 268 g/mol. The highest BCUT2D eigenvalue weighted by Gasteiger charge is 2.11. The zero-order valence-electron chi connectivity index (χ0n) is 13.4. The molecule has 0 radical (unpaired) electrons. The third-order valence-electron chi connectivity index (χ3n) is 2.90. The van der Waals surface area contributed by atoms with E-state index in [9.17, 15) is 4.79 Å². The molecule has 1 aromatic rings. The standard InChI is InChI=1S/C16H26N2O3/c1-13(2)21-15-7-5-6-14(10-15)11-18(12-16(19)20)9-8-17(3)4/h5-7,10,13H,8-9,11-12H2,1-4H3,(H,19,20). The van der Waals surface area contributed by atoms with Crippen molar-refractivity contribution in [2.75, 3.05) is 33.7 Å². The maximum absolute atomic E-state index is 11.0. The van der Waals surface area contributed by atoms with E-state index in [1.54, 1.807) is 0 Å². The Morgan fingerprint density at radius 1 is 1.29 bits per heavy atom. The van der Waals surface area contributed by atoms with Gasteiger partial charge < -0.3 is 14.7 Å². The molecule has 0 amide bonds. The smallest absolute Gasteiger partial charge is 0.317 e. The monoisotopic (exact) mass is 294 g/mol. The van der Waals surface area contributed by atoms with Crippen LogP contribution in [0, 0.1) is 0 Å². The van der Waals surface area contributed by atoms with Crippen LogP contribution in [0.25, 0.3) is 0 Å². The van der Waals surface area contributed by atoms with Gasteiger partial charge in [0.05, 0.1) is 12.6 Å². The molecule has 0 unspecified atom stereocenters. The van der Waals surface area contributed by atoms with Gasteiger partial charge in [0.2, 0.25) is 0 Å². The van der Waals surface area contributed by atoms with Crippen molar-refractivity contribution in [2.45, 2.75) is 26.5 Å². The molecule has 0 fully saturated rings. The molecule has 0 atom stereocenters. The highest BCUT2D eigenvalue weighted by Crippen LogP contribution is 2.16. The van der Waals surface area contributed by atoms with Crippen LogP contribution in [-0.4, -0.2) is 60.7 Å². The van der Waals surface area contributed by atoms with E-state index in [1.807, 2.05) is 62.0 Å². The number of hydrogen-bond donors (Lipinski definition) is 1. The second-order valence-electron chi connectivity index (χ2n) is 5.72. The molecule has 0 bridgehead atoms. The van der Waals surface area contributed by atoms with Crippen LogP contribution in [0.4, 0.5) is 0 Å². The summed E-state index contributed by atoms with van der Waals surface area (Å²) in [5.74, 6) is 0.0220. The maximum atomic E-state index is 11.0. The lowest BCUT2D eigenvalue weighted by Crippen LogP contribution is -2.35. The highest BCUT2D eigenvalue weighted by molar-refractivity contribution is 5.69. The molecule has 1 aromatic carbocycles. The molecule has 0 aliphatic carbocycles. The average molecular weight is 294 g/mol. The minimum absolute atomic E-state index is 0.0447. The summed E-state index contributed by atoms with van der Waals surface area (Å²) in [7, 11) is 3.96. The summed E-state index contributed by atoms with van der Waals surface area (Å²) in [6, 6.07) is 7.84. The van der Waals surface area contributed by atoms with Crippen LogP contribution in [0.5, 0.6) is 5.75 Å². The minimum atomic E-state index is -0.802. The average Bonchev–Trinajstić information content (AvgIpc) is 2.35. The summed E-state index contributed by atoms with van der Waals surface area (Å²) >= 11 is 0. The van der Waals surface area contributed by atoms with Gasteiger partial charge in [-0.05, 0) is 45.6 Å². The van der Waals surface area contributed by atoms with Gasteiger partial charge in [-0.15, -0.1) is 0 Å². The van der Waals surface area contributed by atoms with Crippen molar-refractivity contribution in [1.29, 1.82) is 0 Å². The van der Waals surface area contributed by atoms with E-state index in [2.05, 4.69) is 0 Å². The topological polar surface area (TPSA) is 53.0 Å². The summed E-state index contributed by atoms with van der Waals surface area (Å²) in [5, 5.41) is 9.02. The second-order valence-corrected chi connectivity index (χ2v) is 5.72. The maximum Gasteiger partial charge on any atom is 0.317 e. The Balaban J connectivity index is 2.70. The molecule has 0 heterocycles. The Morgan fingerprint density at radius 2 is 2.00 bits per heavy atom. The van der Waals surface area contributed by atoms with Crippen LogP contribution < -0.4 is 4.74 Å². The summed E-state index contributed by atoms with van der Waals surface area (Å²) in [6.45, 7) is 6.17. The molecule has 1 N–H and O–H groups in total. The van der Waals surface area contributed by atoms with Gasteiger partial charge in [0, 0.05) is 19.6 Å². The number of rotatable bonds is 9. The predicted octanol–water partition coefficient (Wildman–Crippen LogP) is 1.92. The van der Waals surface area contributed by atoms with E-state index < -0.39 is 5.97 Å². The lowest BCUT2D eigenvalue weighted by atomic mass is 10.2. The largest absolute Gasteiger partial charge is 0.491 e. The first kappa shape index (κ1) is 17.5. The zero-order chi connectivity index (χ0) is 15.8. The van der Waals surface area contributed by atoms with Gasteiger partial charge in [-0.2, -0.15) is 0 Å². The number of carbonyl (C=O) groups is 1. The Hall–Kier alpha value is -1.59. The lowest BCUT2D eigenvalue weighted by molar-refractivity contribution is -0.138. The number of carboxylic acids is 1. The molecule has 0 aromatic heterocycles. The fraction of sp³-hybridized carbons (Fsp3) is 0.562. The minimum Gasteiger partial charge on any atom is -0.491 e. The molecule has 0 saturated carbocycles. The van der Waals surface area contributed by atoms with Crippen LogP contribution in [0.3, 0.4) is 0 Å². The van der Waals surface area contributed by atoms with Crippen molar-refractivity contribution in [2.24, 2.45) is 0 Å². The Bertz CT molecular complexity index is 447. The van der Waals surface area contributed by atoms with Crippen molar-refractivity contribution < 1.29 is 14.6 Å². The fourth-order valence-electron chi connectivity index (χ4n) is 1.99. The number of aliphatic carboxylic acids is 1. The number of ether oxygens (including phenoxy) is 1. The van der Waals surface area contributed by atoms with Gasteiger partial charge in [-0.1, -0.05) is 12.1 Å². The first-order valence-corrected chi connectivity index (χ1v) is 7.21. The normalized spacial score (nSPS) is 11.4. The third-order valence-corrected chi connectivity index (χ3v) is 2.90. The first-order chi connectivity index (χ1) is 9.86. The molecule has 21 heavy (non-hydrogen) atoms. The van der Waals surface area contributed by atoms with Crippen LogP contribution >= 0.6 is 0 Å². The zero-order valence-corrected chi connectivity index (χ0v) is 13.4. The summed E-state index contributed by atoms with van der Waals surface area (Å²) < 4.78 is 5.67. The quantitative estimate of drug-likeness (QED) is 0.754. The Labute approximate surface area is 127 Å². The number of likely N-dealkylation sites (N-methyl/N-ethyl adjacent to an activating group) is 1. The number of benzene rings is 1. The molecule has 0 aliphatic heterocycles. The Kier molecular flexibility index (Phi) is 7.19. The molecule has 1 rings (SSSR count). The SMILES string of the molecule is CC(C)Oc1cccc(CN(CCN(C)C)CC(=O)O)c1. The summed E-state index contributed by atoms with van der Waals surface area (Å²) in [4.78, 5) is 15.0. The molecule has 5 nitrogen and oxygen atoms in total. The van der Waals surface area contributed by atoms with Gasteiger partial charge in [-0.25, -0.2) is 0 Å². The van der Waals surface area contributed by atoms with Gasteiger partial charge in [0.1, 0.15) is 5.75 Å². The van der Waals surface area contributed by atoms with Crippen LogP contribution in [0.15, 0.2) is 24.3 Å². The molecular formula is C16H26N2O3. The van der Waals surface area contributed by atoms with E-state index >= 15 is 0 Å². The molecule has 0 saturated heterocycles. The highest BCUT2D eigenvalue weighted by atomic mass is 16.5. The van der Waals surface area contributed by atoms with Crippen molar-refractivity contribution >= 4 is 5.97 Å². The van der Waals surface area contributed by atoms with E-state index in [1.165, 1.54) is 0 Å². The Morgan fingerprint density at radius 3 is 2.57 bits per heavy atom. The van der Waals surface area contributed by atoms with Crippen molar-refractivity contribution in [3.8, 4) is 5.75 Å². The molecule has 118 valence electrons. The third kappa shape index (κ3) is 7.68. The van der Waals surface area contributed by atoms with Gasteiger partial charge in [-0.3, -0.25) is 9.69 Å². The van der Waals surface area contributed by atoms with E-state index in [0.717, 1.165) is 17.9 Å². The first-order valence-electron chi connectivity index (χ1n) is 7.21. The molecule has 0 aliphatic rings. The van der Waals surface area contributed by atoms with E-state index in [-0.39, 0.29) is 12.6 Å². The predicted molar refractivity (Wildman–Crippen MR) is 83.7 cm³/mol. The van der Waals surface area contributed by atoms with Crippen LogP contribution in [-0.2, 0) is 11.3 Å². The summed E-state index contributed by atoms with van der Waals surface area (Å²) in [6.07, 6.45) is 0.129. The van der Waals surface area contributed by atoms with Crippen molar-refractivity contribution in [1.82, 2.24) is 9.80 Å². The number of hydrogen-bond acceptors (Lipinski definition) is 4. The molecule has 5 heteroatoms. The van der Waals surface area contributed by atoms with Gasteiger partial charge in [0.25, 0.3) is 0 Å². The van der Waals surface area contributed by atoms with E-state index in [4.69, 9.17) is 9.84 Å². The van der Waals surface area contributed by atoms with Crippen LogP contribution in [0.2, 0.25) is 0 Å².